The molecule has 0 fully saturated rings. The molecule has 0 aromatic heterocycles. The van der Waals surface area contributed by atoms with Crippen LogP contribution in [0.1, 0.15) is 58.8 Å². The van der Waals surface area contributed by atoms with Crippen LogP contribution in [0.4, 0.5) is 0 Å². The summed E-state index contributed by atoms with van der Waals surface area (Å²) in [6, 6.07) is -5.10. The summed E-state index contributed by atoms with van der Waals surface area (Å²) in [6.07, 6.45) is 0.176. The van der Waals surface area contributed by atoms with E-state index in [0.29, 0.717) is 19.4 Å². The van der Waals surface area contributed by atoms with Crippen molar-refractivity contribution in [2.24, 2.45) is 23.1 Å². The molecule has 0 aromatic rings. The number of aliphatic carboxylic acids is 2. The molecule has 4 atom stereocenters. The Labute approximate surface area is 203 Å². The first-order chi connectivity index (χ1) is 16.3. The Hall–Kier alpha value is -3.26. The summed E-state index contributed by atoms with van der Waals surface area (Å²) in [7, 11) is 0. The number of amides is 4. The predicted octanol–water partition coefficient (Wildman–Crippen LogP) is -2.23. The second kappa shape index (κ2) is 16.4. The highest BCUT2D eigenvalue weighted by Gasteiger charge is 2.31. The molecular weight excluding hydrogens is 464 g/mol. The van der Waals surface area contributed by atoms with Crippen molar-refractivity contribution in [2.75, 3.05) is 6.54 Å². The third kappa shape index (κ3) is 13.9. The second-order valence-corrected chi connectivity index (χ2v) is 8.65. The van der Waals surface area contributed by atoms with E-state index < -0.39 is 66.2 Å². The average Bonchev–Trinajstić information content (AvgIpc) is 2.73. The van der Waals surface area contributed by atoms with Gasteiger partial charge in [0.1, 0.15) is 18.1 Å². The third-order valence-corrected chi connectivity index (χ3v) is 4.95. The Morgan fingerprint density at radius 3 is 1.83 bits per heavy atom. The number of unbranched alkanes of at least 4 members (excludes halogenated alkanes) is 1. The number of carboxylic acid groups (broad SMARTS) is 2. The maximum Gasteiger partial charge on any atom is 0.326 e. The molecular formula is C21H38N6O8. The van der Waals surface area contributed by atoms with Crippen molar-refractivity contribution >= 4 is 35.6 Å². The van der Waals surface area contributed by atoms with Crippen LogP contribution in [0, 0.1) is 5.92 Å². The summed E-state index contributed by atoms with van der Waals surface area (Å²) in [5, 5.41) is 25.4. The minimum absolute atomic E-state index is 0.0748. The molecule has 0 aliphatic rings. The standard InChI is InChI=1S/C21H38N6O8/c1-11(2)9-15(20(33)26-14(21(34)35)5-3-4-8-22)27-19(32)13(6-7-16(24)28)25-18(31)12(23)10-17(29)30/h11-15H,3-10,22-23H2,1-2H3,(H2,24,28)(H,25,31)(H,26,33)(H,27,32)(H,29,30)(H,34,35). The van der Waals surface area contributed by atoms with Crippen LogP contribution in [-0.2, 0) is 28.8 Å². The molecule has 35 heavy (non-hydrogen) atoms. The lowest BCUT2D eigenvalue weighted by atomic mass is 10.0. The highest BCUT2D eigenvalue weighted by atomic mass is 16.4. The Morgan fingerprint density at radius 2 is 1.34 bits per heavy atom. The molecule has 14 heteroatoms. The normalized spacial score (nSPS) is 14.3. The van der Waals surface area contributed by atoms with Crippen molar-refractivity contribution in [3.8, 4) is 0 Å². The maximum atomic E-state index is 12.9. The molecule has 0 bridgehead atoms. The highest BCUT2D eigenvalue weighted by Crippen LogP contribution is 2.09. The van der Waals surface area contributed by atoms with E-state index in [-0.39, 0.29) is 31.6 Å². The summed E-state index contributed by atoms with van der Waals surface area (Å²) >= 11 is 0. The SMILES string of the molecule is CC(C)CC(NC(=O)C(CCC(N)=O)NC(=O)C(N)CC(=O)O)C(=O)NC(CCCCN)C(=O)O. The van der Waals surface area contributed by atoms with Crippen molar-refractivity contribution in [3.05, 3.63) is 0 Å². The molecule has 14 nitrogen and oxygen atoms in total. The zero-order valence-electron chi connectivity index (χ0n) is 20.1. The Morgan fingerprint density at radius 1 is 0.800 bits per heavy atom. The van der Waals surface area contributed by atoms with Crippen LogP contribution in [0.25, 0.3) is 0 Å². The zero-order valence-corrected chi connectivity index (χ0v) is 20.1. The predicted molar refractivity (Wildman–Crippen MR) is 124 cm³/mol. The number of carbonyl (C=O) groups excluding carboxylic acids is 4. The highest BCUT2D eigenvalue weighted by molar-refractivity contribution is 5.95. The summed E-state index contributed by atoms with van der Waals surface area (Å²) in [6.45, 7) is 3.96. The number of nitrogens with two attached hydrogens (primary N) is 3. The van der Waals surface area contributed by atoms with Gasteiger partial charge in [-0.05, 0) is 44.6 Å². The van der Waals surface area contributed by atoms with Gasteiger partial charge < -0.3 is 43.4 Å². The number of hydrogen-bond acceptors (Lipinski definition) is 8. The third-order valence-electron chi connectivity index (χ3n) is 4.95. The molecule has 11 N–H and O–H groups in total. The van der Waals surface area contributed by atoms with E-state index in [4.69, 9.17) is 22.3 Å². The molecule has 0 rings (SSSR count). The number of nitrogens with one attached hydrogen (secondary N) is 3. The lowest BCUT2D eigenvalue weighted by Gasteiger charge is -2.26. The molecule has 0 aliphatic carbocycles. The fourth-order valence-electron chi connectivity index (χ4n) is 3.11. The van der Waals surface area contributed by atoms with Crippen LogP contribution in [0.3, 0.4) is 0 Å². The van der Waals surface area contributed by atoms with Crippen LogP contribution in [0.2, 0.25) is 0 Å². The molecule has 0 saturated carbocycles. The van der Waals surface area contributed by atoms with E-state index >= 15 is 0 Å². The van der Waals surface area contributed by atoms with Gasteiger partial charge in [0.05, 0.1) is 12.5 Å². The van der Waals surface area contributed by atoms with Crippen molar-refractivity contribution in [2.45, 2.75) is 83.0 Å². The Balaban J connectivity index is 5.53. The Kier molecular flexibility index (Phi) is 14.9. The maximum absolute atomic E-state index is 12.9. The van der Waals surface area contributed by atoms with Crippen LogP contribution in [0.15, 0.2) is 0 Å². The smallest absolute Gasteiger partial charge is 0.326 e. The van der Waals surface area contributed by atoms with Gasteiger partial charge in [-0.3, -0.25) is 24.0 Å². The summed E-state index contributed by atoms with van der Waals surface area (Å²) in [4.78, 5) is 71.5. The van der Waals surface area contributed by atoms with Gasteiger partial charge in [-0.15, -0.1) is 0 Å². The van der Waals surface area contributed by atoms with Crippen molar-refractivity contribution in [1.82, 2.24) is 16.0 Å². The quantitative estimate of drug-likeness (QED) is 0.0935. The van der Waals surface area contributed by atoms with E-state index in [0.717, 1.165) is 0 Å². The topological polar surface area (TPSA) is 257 Å². The molecule has 0 spiro atoms. The zero-order chi connectivity index (χ0) is 27.1. The van der Waals surface area contributed by atoms with Gasteiger partial charge in [-0.1, -0.05) is 13.8 Å². The molecule has 0 saturated heterocycles. The first-order valence-electron chi connectivity index (χ1n) is 11.4. The van der Waals surface area contributed by atoms with Gasteiger partial charge in [0, 0.05) is 6.42 Å². The van der Waals surface area contributed by atoms with Gasteiger partial charge in [-0.2, -0.15) is 0 Å². The van der Waals surface area contributed by atoms with E-state index in [9.17, 15) is 33.9 Å². The van der Waals surface area contributed by atoms with Gasteiger partial charge in [0.2, 0.25) is 23.6 Å². The second-order valence-electron chi connectivity index (χ2n) is 8.65. The summed E-state index contributed by atoms with van der Waals surface area (Å²) < 4.78 is 0. The Bertz CT molecular complexity index is 760. The lowest BCUT2D eigenvalue weighted by Crippen LogP contribution is -2.57. The average molecular weight is 503 g/mol. The molecule has 0 aromatic carbocycles. The van der Waals surface area contributed by atoms with Gasteiger partial charge in [-0.25, -0.2) is 4.79 Å². The first-order valence-corrected chi connectivity index (χ1v) is 11.4. The number of hydrogen-bond donors (Lipinski definition) is 8. The molecule has 200 valence electrons. The lowest BCUT2D eigenvalue weighted by molar-refractivity contribution is -0.142. The van der Waals surface area contributed by atoms with E-state index in [1.807, 2.05) is 0 Å². The minimum atomic E-state index is -1.45. The minimum Gasteiger partial charge on any atom is -0.481 e. The van der Waals surface area contributed by atoms with Crippen LogP contribution in [0.5, 0.6) is 0 Å². The molecule has 0 aliphatic heterocycles. The van der Waals surface area contributed by atoms with Crippen molar-refractivity contribution in [3.63, 3.8) is 0 Å². The first kappa shape index (κ1) is 31.7. The molecule has 4 unspecified atom stereocenters. The largest absolute Gasteiger partial charge is 0.481 e. The number of carboxylic acids is 2. The van der Waals surface area contributed by atoms with E-state index in [1.54, 1.807) is 13.8 Å². The fourth-order valence-corrected chi connectivity index (χ4v) is 3.11. The van der Waals surface area contributed by atoms with E-state index in [2.05, 4.69) is 16.0 Å². The van der Waals surface area contributed by atoms with Crippen molar-refractivity contribution < 1.29 is 39.0 Å². The number of carbonyl (C=O) groups is 6. The van der Waals surface area contributed by atoms with Crippen molar-refractivity contribution in [1.29, 1.82) is 0 Å². The van der Waals surface area contributed by atoms with Crippen LogP contribution >= 0.6 is 0 Å². The monoisotopic (exact) mass is 502 g/mol. The number of rotatable bonds is 18. The summed E-state index contributed by atoms with van der Waals surface area (Å²) in [5.41, 5.74) is 16.1. The van der Waals surface area contributed by atoms with Gasteiger partial charge in [0.15, 0.2) is 0 Å². The summed E-state index contributed by atoms with van der Waals surface area (Å²) in [5.74, 6) is -5.87. The van der Waals surface area contributed by atoms with Gasteiger partial charge in [0.25, 0.3) is 0 Å². The fraction of sp³-hybridized carbons (Fsp3) is 0.714. The molecule has 0 heterocycles. The molecule has 0 radical (unpaired) electrons. The van der Waals surface area contributed by atoms with Gasteiger partial charge >= 0.3 is 11.9 Å². The van der Waals surface area contributed by atoms with Crippen LogP contribution in [-0.4, -0.2) is 76.5 Å². The van der Waals surface area contributed by atoms with E-state index in [1.165, 1.54) is 0 Å². The van der Waals surface area contributed by atoms with Crippen LogP contribution < -0.4 is 33.2 Å². The molecule has 4 amide bonds. The number of primary amides is 1.